The van der Waals surface area contributed by atoms with E-state index in [2.05, 4.69) is 4.72 Å². The van der Waals surface area contributed by atoms with Gasteiger partial charge in [0.25, 0.3) is 0 Å². The molecule has 0 radical (unpaired) electrons. The molecule has 0 bridgehead atoms. The van der Waals surface area contributed by atoms with Gasteiger partial charge in [0.2, 0.25) is 10.0 Å². The van der Waals surface area contributed by atoms with Gasteiger partial charge >= 0.3 is 11.7 Å². The number of esters is 1. The molecule has 1 heterocycles. The first-order valence-corrected chi connectivity index (χ1v) is 10.7. The molecule has 3 rings (SSSR count). The number of aryl methyl sites for hydroxylation is 1. The molecule has 0 aliphatic carbocycles. The predicted molar refractivity (Wildman–Crippen MR) is 107 cm³/mol. The molecule has 0 saturated heterocycles. The molecule has 2 aromatic carbocycles. The highest BCUT2D eigenvalue weighted by molar-refractivity contribution is 7.89. The lowest BCUT2D eigenvalue weighted by molar-refractivity contribution is -0.741. The average molecular weight is 434 g/mol. The van der Waals surface area contributed by atoms with Crippen molar-refractivity contribution >= 4 is 21.7 Å². The highest BCUT2D eigenvalue weighted by Crippen LogP contribution is 2.28. The minimum Gasteiger partial charge on any atom is -0.458 e. The summed E-state index contributed by atoms with van der Waals surface area (Å²) in [6.07, 6.45) is -3.09. The van der Waals surface area contributed by atoms with Crippen molar-refractivity contribution in [2.45, 2.75) is 37.0 Å². The Balaban J connectivity index is 1.95. The fraction of sp³-hybridized carbons (Fsp3) is 0.300. The number of benzene rings is 2. The van der Waals surface area contributed by atoms with Crippen LogP contribution in [0.15, 0.2) is 59.5 Å². The van der Waals surface area contributed by atoms with Crippen LogP contribution < -0.4 is 4.72 Å². The van der Waals surface area contributed by atoms with Gasteiger partial charge in [0.1, 0.15) is 6.10 Å². The van der Waals surface area contributed by atoms with Crippen LogP contribution in [0.5, 0.6) is 0 Å². The SMILES string of the molecule is CCOC(=O)C1=[N+]([O-])O[C@@H]([C@H](NS(=O)(=O)c2ccc(C)cc2)c2ccccc2)[C@@H]1O. The minimum absolute atomic E-state index is 0.00424. The number of carbonyl (C=O) groups excluding carboxylic acids is 1. The highest BCUT2D eigenvalue weighted by Gasteiger charge is 2.49. The van der Waals surface area contributed by atoms with E-state index in [0.717, 1.165) is 5.56 Å². The minimum atomic E-state index is -4.04. The molecule has 0 fully saturated rings. The molecule has 0 unspecified atom stereocenters. The fourth-order valence-electron chi connectivity index (χ4n) is 3.07. The molecule has 2 aromatic rings. The van der Waals surface area contributed by atoms with Crippen LogP contribution in [0, 0.1) is 12.1 Å². The Labute approximate surface area is 174 Å². The van der Waals surface area contributed by atoms with Crippen LogP contribution in [0.1, 0.15) is 24.1 Å². The van der Waals surface area contributed by atoms with Gasteiger partial charge in [-0.05, 0) is 31.5 Å². The molecule has 160 valence electrons. The quantitative estimate of drug-likeness (QED) is 0.495. The van der Waals surface area contributed by atoms with Crippen molar-refractivity contribution < 1.29 is 32.8 Å². The van der Waals surface area contributed by atoms with Crippen LogP contribution in [0.3, 0.4) is 0 Å². The summed E-state index contributed by atoms with van der Waals surface area (Å²) in [4.78, 5) is 17.1. The van der Waals surface area contributed by atoms with Crippen LogP contribution in [0.4, 0.5) is 0 Å². The first-order chi connectivity index (χ1) is 14.2. The largest absolute Gasteiger partial charge is 0.458 e. The van der Waals surface area contributed by atoms with E-state index >= 15 is 0 Å². The summed E-state index contributed by atoms with van der Waals surface area (Å²) in [5, 5.41) is 22.8. The number of hydrogen-bond donors (Lipinski definition) is 2. The zero-order valence-electron chi connectivity index (χ0n) is 16.4. The number of carbonyl (C=O) groups is 1. The van der Waals surface area contributed by atoms with Crippen LogP contribution >= 0.6 is 0 Å². The Morgan fingerprint density at radius 2 is 1.87 bits per heavy atom. The van der Waals surface area contributed by atoms with Crippen molar-refractivity contribution in [1.82, 2.24) is 4.72 Å². The molecule has 0 spiro atoms. The molecule has 1 aliphatic rings. The van der Waals surface area contributed by atoms with Gasteiger partial charge in [0, 0.05) is 0 Å². The van der Waals surface area contributed by atoms with Gasteiger partial charge in [-0.25, -0.2) is 17.9 Å². The van der Waals surface area contributed by atoms with Crippen LogP contribution in [-0.4, -0.2) is 48.9 Å². The van der Waals surface area contributed by atoms with Gasteiger partial charge in [-0.2, -0.15) is 0 Å². The lowest BCUT2D eigenvalue weighted by atomic mass is 9.96. The zero-order chi connectivity index (χ0) is 21.9. The first-order valence-electron chi connectivity index (χ1n) is 9.24. The van der Waals surface area contributed by atoms with E-state index < -0.39 is 40.0 Å². The average Bonchev–Trinajstić information content (AvgIpc) is 3.01. The van der Waals surface area contributed by atoms with Gasteiger partial charge in [0.05, 0.1) is 22.4 Å². The van der Waals surface area contributed by atoms with Crippen molar-refractivity contribution in [3.63, 3.8) is 0 Å². The summed E-state index contributed by atoms with van der Waals surface area (Å²) in [6, 6.07) is 13.4. The summed E-state index contributed by atoms with van der Waals surface area (Å²) < 4.78 is 33.2. The maximum atomic E-state index is 13.0. The molecule has 30 heavy (non-hydrogen) atoms. The van der Waals surface area contributed by atoms with Gasteiger partial charge in [-0.3, -0.25) is 5.21 Å². The molecule has 0 saturated carbocycles. The van der Waals surface area contributed by atoms with E-state index in [-0.39, 0.29) is 16.4 Å². The molecule has 10 heteroatoms. The number of sulfonamides is 1. The number of ether oxygens (including phenoxy) is 1. The maximum Gasteiger partial charge on any atom is 0.408 e. The zero-order valence-corrected chi connectivity index (χ0v) is 17.2. The molecule has 2 N–H and O–H groups in total. The predicted octanol–water partition coefficient (Wildman–Crippen LogP) is 1.20. The normalized spacial score (nSPS) is 20.0. The molecular weight excluding hydrogens is 412 g/mol. The smallest absolute Gasteiger partial charge is 0.408 e. The lowest BCUT2D eigenvalue weighted by Crippen LogP contribution is -2.44. The number of hydrogen-bond acceptors (Lipinski definition) is 7. The van der Waals surface area contributed by atoms with E-state index in [1.165, 1.54) is 12.1 Å². The number of aliphatic hydroxyl groups excluding tert-OH is 1. The molecule has 0 aromatic heterocycles. The monoisotopic (exact) mass is 434 g/mol. The Bertz CT molecular complexity index is 1040. The van der Waals surface area contributed by atoms with Crippen molar-refractivity contribution in [2.75, 3.05) is 6.61 Å². The van der Waals surface area contributed by atoms with Crippen LogP contribution in [-0.2, 0) is 24.4 Å². The highest BCUT2D eigenvalue weighted by atomic mass is 32.2. The van der Waals surface area contributed by atoms with Gasteiger partial charge in [-0.15, -0.1) is 0 Å². The summed E-state index contributed by atoms with van der Waals surface area (Å²) >= 11 is 0. The third kappa shape index (κ3) is 4.45. The van der Waals surface area contributed by atoms with E-state index in [4.69, 9.17) is 9.57 Å². The van der Waals surface area contributed by atoms with Crippen molar-refractivity contribution in [3.05, 3.63) is 70.9 Å². The van der Waals surface area contributed by atoms with Crippen molar-refractivity contribution in [2.24, 2.45) is 0 Å². The third-order valence-electron chi connectivity index (χ3n) is 4.59. The topological polar surface area (TPSA) is 128 Å². The summed E-state index contributed by atoms with van der Waals surface area (Å²) in [7, 11) is -4.04. The number of rotatable bonds is 7. The standard InChI is InChI=1S/C20H22N2O7S/c1-3-28-20(24)17-18(23)19(29-22(17)25)16(14-7-5-4-6-8-14)21-30(26,27)15-11-9-13(2)10-12-15/h4-12,16,18-19,21,23H,3H2,1-2H3/t16-,18-,19+/m1/s1. The molecule has 0 amide bonds. The Hall–Kier alpha value is -2.95. The van der Waals surface area contributed by atoms with Gasteiger partial charge in [-0.1, -0.05) is 48.0 Å². The lowest BCUT2D eigenvalue weighted by Gasteiger charge is -2.27. The molecule has 1 aliphatic heterocycles. The van der Waals surface area contributed by atoms with E-state index in [0.29, 0.717) is 5.56 Å². The van der Waals surface area contributed by atoms with E-state index in [9.17, 15) is 23.5 Å². The summed E-state index contributed by atoms with van der Waals surface area (Å²) in [5.74, 6) is -1.03. The first kappa shape index (κ1) is 21.8. The maximum absolute atomic E-state index is 13.0. The van der Waals surface area contributed by atoms with Gasteiger partial charge in [0.15, 0.2) is 6.10 Å². The number of aliphatic hydroxyl groups is 1. The summed E-state index contributed by atoms with van der Waals surface area (Å²) in [6.45, 7) is 3.38. The second-order valence-corrected chi connectivity index (χ2v) is 8.41. The molecule has 9 nitrogen and oxygen atoms in total. The van der Waals surface area contributed by atoms with Crippen LogP contribution in [0.2, 0.25) is 0 Å². The second kappa shape index (κ2) is 8.82. The number of nitrogens with one attached hydrogen (secondary N) is 1. The van der Waals surface area contributed by atoms with E-state index in [1.807, 2.05) is 6.92 Å². The number of nitrogens with zero attached hydrogens (tertiary/aromatic N) is 1. The summed E-state index contributed by atoms with van der Waals surface area (Å²) in [5.41, 5.74) is 0.687. The Morgan fingerprint density at radius 3 is 2.47 bits per heavy atom. The molecular formula is C20H22N2O7S. The van der Waals surface area contributed by atoms with Crippen molar-refractivity contribution in [1.29, 1.82) is 0 Å². The Morgan fingerprint density at radius 1 is 1.23 bits per heavy atom. The molecule has 3 atom stereocenters. The van der Waals surface area contributed by atoms with Crippen LogP contribution in [0.25, 0.3) is 0 Å². The van der Waals surface area contributed by atoms with Crippen molar-refractivity contribution in [3.8, 4) is 0 Å². The van der Waals surface area contributed by atoms with Gasteiger partial charge < -0.3 is 14.7 Å². The fourth-order valence-corrected chi connectivity index (χ4v) is 4.30. The third-order valence-corrected chi connectivity index (χ3v) is 6.05. The Kier molecular flexibility index (Phi) is 6.40. The van der Waals surface area contributed by atoms with E-state index in [1.54, 1.807) is 49.4 Å². The second-order valence-electron chi connectivity index (χ2n) is 6.70.